The number of hydrogen-bond donors (Lipinski definition) is 2. The van der Waals surface area contributed by atoms with Crippen LogP contribution in [0, 0.1) is 11.3 Å². The van der Waals surface area contributed by atoms with Gasteiger partial charge >= 0.3 is 6.18 Å². The van der Waals surface area contributed by atoms with Gasteiger partial charge in [-0.2, -0.15) is 13.2 Å². The second kappa shape index (κ2) is 11.8. The maximum atomic E-state index is 13.1. The minimum atomic E-state index is -4.40. The molecule has 0 bridgehead atoms. The Bertz CT molecular complexity index is 1450. The van der Waals surface area contributed by atoms with Gasteiger partial charge in [0.15, 0.2) is 0 Å². The summed E-state index contributed by atoms with van der Waals surface area (Å²) in [6.07, 6.45) is 9.95. The first-order chi connectivity index (χ1) is 19.2. The third-order valence-corrected chi connectivity index (χ3v) is 8.68. The molecule has 1 fully saturated rings. The van der Waals surface area contributed by atoms with Crippen molar-refractivity contribution in [1.82, 2.24) is 15.3 Å². The molecule has 1 aliphatic carbocycles. The molecule has 3 heterocycles. The number of carbonyl (C=O) groups is 1. The molecule has 5 rings (SSSR count). The van der Waals surface area contributed by atoms with E-state index < -0.39 is 11.7 Å². The van der Waals surface area contributed by atoms with Crippen molar-refractivity contribution >= 4 is 34.9 Å². The van der Waals surface area contributed by atoms with Crippen molar-refractivity contribution in [3.63, 3.8) is 0 Å². The molecule has 1 aliphatic heterocycles. The highest BCUT2D eigenvalue weighted by Gasteiger charge is 2.30. The van der Waals surface area contributed by atoms with Crippen LogP contribution in [0.15, 0.2) is 59.4 Å². The lowest BCUT2D eigenvalue weighted by molar-refractivity contribution is -0.137. The third-order valence-electron chi connectivity index (χ3n) is 7.44. The number of aromatic nitrogens is 2. The Balaban J connectivity index is 1.21. The summed E-state index contributed by atoms with van der Waals surface area (Å²) in [4.78, 5) is 27.1. The Labute approximate surface area is 235 Å². The fraction of sp³-hybridized carbons (Fsp3) is 0.367. The second-order valence-electron chi connectivity index (χ2n) is 10.3. The fourth-order valence-corrected chi connectivity index (χ4v) is 6.04. The van der Waals surface area contributed by atoms with Crippen LogP contribution in [0.1, 0.15) is 82.1 Å². The molecule has 6 nitrogen and oxygen atoms in total. The minimum Gasteiger partial charge on any atom is -0.343 e. The number of nitrogens with zero attached hydrogens (tertiary/aromatic N) is 3. The van der Waals surface area contributed by atoms with Crippen LogP contribution in [0.4, 0.5) is 18.9 Å². The smallest absolute Gasteiger partial charge is 0.343 e. The van der Waals surface area contributed by atoms with Crippen molar-refractivity contribution in [2.75, 3.05) is 0 Å². The number of alkyl halides is 3. The van der Waals surface area contributed by atoms with Crippen LogP contribution in [0.5, 0.6) is 0 Å². The highest BCUT2D eigenvalue weighted by molar-refractivity contribution is 7.13. The number of carbonyl (C=O) groups excluding carboxylic acids is 1. The van der Waals surface area contributed by atoms with Crippen LogP contribution in [0.3, 0.4) is 0 Å². The molecule has 0 spiro atoms. The molecule has 3 aromatic rings. The van der Waals surface area contributed by atoms with Gasteiger partial charge in [0.05, 0.1) is 29.2 Å². The van der Waals surface area contributed by atoms with Crippen LogP contribution in [0.25, 0.3) is 0 Å². The first-order valence-corrected chi connectivity index (χ1v) is 14.2. The molecule has 0 saturated heterocycles. The molecule has 2 aromatic heterocycles. The molecule has 1 unspecified atom stereocenters. The first kappa shape index (κ1) is 27.9. The van der Waals surface area contributed by atoms with E-state index >= 15 is 0 Å². The monoisotopic (exact) mass is 565 g/mol. The molecule has 208 valence electrons. The number of fused-ring (bicyclic) bond motifs is 1. The molecule has 1 amide bonds. The quantitative estimate of drug-likeness (QED) is 0.292. The SMILES string of the molecule is CC(NC(=O)c1cc2c(cn1)N=CC=C(C1CCCCC1)C2)c1cnc(C(=N)Cc2ccc(C(F)(F)F)cc2)s1. The molecule has 2 N–H and O–H groups in total. The highest BCUT2D eigenvalue weighted by atomic mass is 32.1. The van der Waals surface area contributed by atoms with E-state index in [0.29, 0.717) is 22.2 Å². The van der Waals surface area contributed by atoms with E-state index in [1.54, 1.807) is 12.4 Å². The molecule has 40 heavy (non-hydrogen) atoms. The van der Waals surface area contributed by atoms with E-state index in [2.05, 4.69) is 26.4 Å². The van der Waals surface area contributed by atoms with Crippen molar-refractivity contribution in [2.45, 2.75) is 64.1 Å². The second-order valence-corrected chi connectivity index (χ2v) is 11.4. The predicted octanol–water partition coefficient (Wildman–Crippen LogP) is 7.42. The average molecular weight is 566 g/mol. The standard InChI is InChI=1S/C30H30F3N5OS/c1-18(27-17-37-29(40-27)24(34)13-19-7-9-23(10-8-19)30(31,32)33)38-28(39)25-15-22-14-21(20-5-3-2-4-6-20)11-12-35-26(22)16-36-25/h7-12,15-18,20,34H,2-6,13-14H2,1H3,(H,38,39). The molecule has 1 aromatic carbocycles. The number of nitrogens with one attached hydrogen (secondary N) is 2. The van der Waals surface area contributed by atoms with E-state index in [0.717, 1.165) is 34.7 Å². The average Bonchev–Trinajstić information content (AvgIpc) is 3.34. The Kier molecular flexibility index (Phi) is 8.25. The molecule has 1 atom stereocenters. The predicted molar refractivity (Wildman–Crippen MR) is 151 cm³/mol. The van der Waals surface area contributed by atoms with E-state index in [9.17, 15) is 18.0 Å². The van der Waals surface area contributed by atoms with Gasteiger partial charge in [0.1, 0.15) is 10.7 Å². The van der Waals surface area contributed by atoms with Gasteiger partial charge in [0, 0.05) is 23.7 Å². The van der Waals surface area contributed by atoms with Gasteiger partial charge in [-0.3, -0.25) is 9.79 Å². The zero-order valence-corrected chi connectivity index (χ0v) is 22.9. The van der Waals surface area contributed by atoms with Crippen molar-refractivity contribution in [3.8, 4) is 0 Å². The number of aliphatic imine (C=N–C) groups is 1. The maximum absolute atomic E-state index is 13.1. The summed E-state index contributed by atoms with van der Waals surface area (Å²) in [6.45, 7) is 1.84. The molecule has 10 heteroatoms. The Hall–Kier alpha value is -3.66. The number of amides is 1. The summed E-state index contributed by atoms with van der Waals surface area (Å²) in [6, 6.07) is 6.25. The third kappa shape index (κ3) is 6.55. The number of thiazole rings is 1. The van der Waals surface area contributed by atoms with Crippen molar-refractivity contribution in [2.24, 2.45) is 10.9 Å². The maximum Gasteiger partial charge on any atom is 0.416 e. The minimum absolute atomic E-state index is 0.157. The van der Waals surface area contributed by atoms with E-state index in [-0.39, 0.29) is 24.1 Å². The summed E-state index contributed by atoms with van der Waals surface area (Å²) in [5, 5.41) is 11.8. The van der Waals surface area contributed by atoms with Crippen LogP contribution in [-0.4, -0.2) is 27.8 Å². The number of benzene rings is 1. The molecule has 1 saturated carbocycles. The number of halogens is 3. The van der Waals surface area contributed by atoms with Crippen LogP contribution < -0.4 is 5.32 Å². The normalized spacial score (nSPS) is 16.6. The lowest BCUT2D eigenvalue weighted by atomic mass is 9.81. The lowest BCUT2D eigenvalue weighted by Gasteiger charge is -2.24. The van der Waals surface area contributed by atoms with Gasteiger partial charge in [-0.25, -0.2) is 9.97 Å². The van der Waals surface area contributed by atoms with Crippen LogP contribution >= 0.6 is 11.3 Å². The Morgan fingerprint density at radius 2 is 1.88 bits per heavy atom. The summed E-state index contributed by atoms with van der Waals surface area (Å²) < 4.78 is 38.4. The summed E-state index contributed by atoms with van der Waals surface area (Å²) in [7, 11) is 0. The molecule has 2 aliphatic rings. The lowest BCUT2D eigenvalue weighted by Crippen LogP contribution is -2.27. The molecular weight excluding hydrogens is 535 g/mol. The van der Waals surface area contributed by atoms with Gasteiger partial charge in [0.25, 0.3) is 5.91 Å². The summed E-state index contributed by atoms with van der Waals surface area (Å²) in [5.41, 5.74) is 3.54. The van der Waals surface area contributed by atoms with E-state index in [1.165, 1.54) is 61.1 Å². The Morgan fingerprint density at radius 1 is 1.12 bits per heavy atom. The van der Waals surface area contributed by atoms with E-state index in [4.69, 9.17) is 5.41 Å². The number of rotatable bonds is 7. The van der Waals surface area contributed by atoms with Gasteiger partial charge < -0.3 is 10.7 Å². The number of pyridine rings is 1. The largest absolute Gasteiger partial charge is 0.416 e. The van der Waals surface area contributed by atoms with E-state index in [1.807, 2.05) is 19.2 Å². The van der Waals surface area contributed by atoms with Crippen molar-refractivity contribution in [1.29, 1.82) is 5.41 Å². The first-order valence-electron chi connectivity index (χ1n) is 13.4. The Morgan fingerprint density at radius 3 is 2.60 bits per heavy atom. The summed E-state index contributed by atoms with van der Waals surface area (Å²) >= 11 is 1.28. The van der Waals surface area contributed by atoms with Gasteiger partial charge in [-0.15, -0.1) is 11.3 Å². The van der Waals surface area contributed by atoms with Crippen LogP contribution in [0.2, 0.25) is 0 Å². The van der Waals surface area contributed by atoms with Gasteiger partial charge in [-0.05, 0) is 67.5 Å². The van der Waals surface area contributed by atoms with Crippen LogP contribution in [-0.2, 0) is 19.0 Å². The zero-order valence-electron chi connectivity index (χ0n) is 22.1. The number of hydrogen-bond acceptors (Lipinski definition) is 6. The van der Waals surface area contributed by atoms with Gasteiger partial charge in [0.2, 0.25) is 0 Å². The molecular formula is C30H30F3N5OS. The zero-order chi connectivity index (χ0) is 28.3. The van der Waals surface area contributed by atoms with Gasteiger partial charge in [-0.1, -0.05) is 37.0 Å². The van der Waals surface area contributed by atoms with Crippen molar-refractivity contribution in [3.05, 3.63) is 86.6 Å². The summed E-state index contributed by atoms with van der Waals surface area (Å²) in [5.74, 6) is 0.261. The highest BCUT2D eigenvalue weighted by Crippen LogP contribution is 2.34. The van der Waals surface area contributed by atoms with Crippen molar-refractivity contribution < 1.29 is 18.0 Å². The molecule has 0 radical (unpaired) electrons. The fourth-order valence-electron chi connectivity index (χ4n) is 5.18. The number of allylic oxidation sites excluding steroid dienone is 2. The topological polar surface area (TPSA) is 91.1 Å².